The van der Waals surface area contributed by atoms with Crippen LogP contribution >= 0.6 is 0 Å². The van der Waals surface area contributed by atoms with E-state index in [-0.39, 0.29) is 24.6 Å². The molecule has 2 heterocycles. The van der Waals surface area contributed by atoms with Crippen LogP contribution in [0.25, 0.3) is 0 Å². The number of rotatable bonds is 2. The Morgan fingerprint density at radius 1 is 1.32 bits per heavy atom. The molecular formula is C17H25NO7. The summed E-state index contributed by atoms with van der Waals surface area (Å²) in [5, 5.41) is 0. The van der Waals surface area contributed by atoms with Crippen molar-refractivity contribution in [3.63, 3.8) is 0 Å². The Balaban J connectivity index is 2.18. The minimum Gasteiger partial charge on any atom is -0.491 e. The van der Waals surface area contributed by atoms with E-state index in [1.54, 1.807) is 34.6 Å². The number of esters is 1. The molecule has 0 aliphatic carbocycles. The second-order valence-corrected chi connectivity index (χ2v) is 7.55. The minimum absolute atomic E-state index is 0.0253. The van der Waals surface area contributed by atoms with E-state index in [9.17, 15) is 14.4 Å². The summed E-state index contributed by atoms with van der Waals surface area (Å²) in [5.41, 5.74) is -1.55. The van der Waals surface area contributed by atoms with E-state index in [2.05, 4.69) is 0 Å². The molecule has 1 saturated heterocycles. The molecule has 0 spiro atoms. The highest BCUT2D eigenvalue weighted by molar-refractivity contribution is 5.96. The molecule has 8 nitrogen and oxygen atoms in total. The third kappa shape index (κ3) is 4.50. The van der Waals surface area contributed by atoms with Crippen molar-refractivity contribution in [2.24, 2.45) is 0 Å². The van der Waals surface area contributed by atoms with Crippen molar-refractivity contribution >= 4 is 17.8 Å². The molecule has 0 bridgehead atoms. The lowest BCUT2D eigenvalue weighted by Gasteiger charge is -2.37. The topological polar surface area (TPSA) is 91.4 Å². The first-order valence-corrected chi connectivity index (χ1v) is 8.14. The molecule has 140 valence electrons. The standard InChI is InChI=1S/C17H25NO7/c1-10(19)24-14-9-22-13(7-12(14)20)11-8-23-17(5,6)18(11)15(21)25-16(2,3)4/h9,11,13H,7-8H2,1-6H3. The summed E-state index contributed by atoms with van der Waals surface area (Å²) < 4.78 is 21.5. The molecule has 2 rings (SSSR count). The van der Waals surface area contributed by atoms with Gasteiger partial charge in [-0.05, 0) is 34.6 Å². The van der Waals surface area contributed by atoms with Gasteiger partial charge in [0.05, 0.1) is 19.1 Å². The van der Waals surface area contributed by atoms with Crippen LogP contribution in [-0.2, 0) is 28.5 Å². The third-order valence-electron chi connectivity index (χ3n) is 3.80. The normalized spacial score (nSPS) is 25.9. The lowest BCUT2D eigenvalue weighted by molar-refractivity contribution is -0.142. The summed E-state index contributed by atoms with van der Waals surface area (Å²) in [5.74, 6) is -1.09. The number of hydrogen-bond donors (Lipinski definition) is 0. The van der Waals surface area contributed by atoms with Gasteiger partial charge in [0.2, 0.25) is 11.5 Å². The summed E-state index contributed by atoms with van der Waals surface area (Å²) >= 11 is 0. The second-order valence-electron chi connectivity index (χ2n) is 7.55. The molecule has 0 aromatic heterocycles. The number of carbonyl (C=O) groups is 3. The SMILES string of the molecule is CC(=O)OC1=COC(C2COC(C)(C)N2C(=O)OC(C)(C)C)CC1=O. The van der Waals surface area contributed by atoms with Crippen molar-refractivity contribution in [3.8, 4) is 0 Å². The molecule has 0 aromatic rings. The van der Waals surface area contributed by atoms with Crippen LogP contribution < -0.4 is 0 Å². The fraction of sp³-hybridized carbons (Fsp3) is 0.706. The van der Waals surface area contributed by atoms with E-state index in [0.717, 1.165) is 6.26 Å². The molecule has 0 radical (unpaired) electrons. The average molecular weight is 355 g/mol. The van der Waals surface area contributed by atoms with Gasteiger partial charge < -0.3 is 18.9 Å². The van der Waals surface area contributed by atoms with Crippen LogP contribution in [0.15, 0.2) is 12.0 Å². The highest BCUT2D eigenvalue weighted by atomic mass is 16.6. The molecular weight excluding hydrogens is 330 g/mol. The van der Waals surface area contributed by atoms with Gasteiger partial charge in [-0.1, -0.05) is 0 Å². The van der Waals surface area contributed by atoms with Crippen molar-refractivity contribution in [2.45, 2.75) is 71.4 Å². The first-order valence-electron chi connectivity index (χ1n) is 8.14. The number of ether oxygens (including phenoxy) is 4. The van der Waals surface area contributed by atoms with Crippen molar-refractivity contribution < 1.29 is 33.3 Å². The van der Waals surface area contributed by atoms with Gasteiger partial charge >= 0.3 is 12.1 Å². The van der Waals surface area contributed by atoms with E-state index >= 15 is 0 Å². The number of carbonyl (C=O) groups excluding carboxylic acids is 3. The molecule has 2 aliphatic rings. The molecule has 8 heteroatoms. The number of amides is 1. The number of nitrogens with zero attached hydrogens (tertiary/aromatic N) is 1. The highest BCUT2D eigenvalue weighted by Gasteiger charge is 2.50. The Morgan fingerprint density at radius 2 is 1.96 bits per heavy atom. The van der Waals surface area contributed by atoms with E-state index in [4.69, 9.17) is 18.9 Å². The summed E-state index contributed by atoms with van der Waals surface area (Å²) in [6.07, 6.45) is -0.0501. The summed E-state index contributed by atoms with van der Waals surface area (Å²) in [6.45, 7) is 10.2. The molecule has 0 aromatic carbocycles. The molecule has 1 amide bonds. The van der Waals surface area contributed by atoms with Crippen LogP contribution in [0.5, 0.6) is 0 Å². The van der Waals surface area contributed by atoms with Gasteiger partial charge in [0.1, 0.15) is 23.7 Å². The van der Waals surface area contributed by atoms with E-state index in [1.807, 2.05) is 0 Å². The van der Waals surface area contributed by atoms with Crippen LogP contribution in [0, 0.1) is 0 Å². The first-order chi connectivity index (χ1) is 11.4. The van der Waals surface area contributed by atoms with Crippen molar-refractivity contribution in [3.05, 3.63) is 12.0 Å². The molecule has 2 unspecified atom stereocenters. The fourth-order valence-electron chi connectivity index (χ4n) is 2.78. The maximum Gasteiger partial charge on any atom is 0.413 e. The number of Topliss-reactive ketones (excluding diaryl/α,β-unsaturated/α-hetero) is 1. The lowest BCUT2D eigenvalue weighted by Crippen LogP contribution is -2.54. The Bertz CT molecular complexity index is 603. The summed E-state index contributed by atoms with van der Waals surface area (Å²) in [7, 11) is 0. The molecule has 2 atom stereocenters. The Morgan fingerprint density at radius 3 is 2.48 bits per heavy atom. The number of ketones is 1. The van der Waals surface area contributed by atoms with Crippen LogP contribution in [0.3, 0.4) is 0 Å². The van der Waals surface area contributed by atoms with Crippen LogP contribution in [0.2, 0.25) is 0 Å². The third-order valence-corrected chi connectivity index (χ3v) is 3.80. The van der Waals surface area contributed by atoms with E-state index in [0.29, 0.717) is 0 Å². The van der Waals surface area contributed by atoms with E-state index < -0.39 is 35.5 Å². The second kappa shape index (κ2) is 6.67. The zero-order valence-electron chi connectivity index (χ0n) is 15.5. The van der Waals surface area contributed by atoms with Crippen LogP contribution in [0.1, 0.15) is 48.0 Å². The highest BCUT2D eigenvalue weighted by Crippen LogP contribution is 2.34. The maximum atomic E-state index is 12.6. The van der Waals surface area contributed by atoms with Crippen molar-refractivity contribution in [1.82, 2.24) is 4.90 Å². The van der Waals surface area contributed by atoms with Gasteiger partial charge in [-0.3, -0.25) is 14.5 Å². The van der Waals surface area contributed by atoms with E-state index in [1.165, 1.54) is 11.8 Å². The Labute approximate surface area is 147 Å². The number of allylic oxidation sites excluding steroid dienone is 1. The van der Waals surface area contributed by atoms with Gasteiger partial charge in [0, 0.05) is 6.92 Å². The van der Waals surface area contributed by atoms with Gasteiger partial charge in [0.25, 0.3) is 0 Å². The van der Waals surface area contributed by atoms with Crippen LogP contribution in [0.4, 0.5) is 4.79 Å². The summed E-state index contributed by atoms with van der Waals surface area (Å²) in [4.78, 5) is 37.2. The molecule has 2 aliphatic heterocycles. The Hall–Kier alpha value is -2.09. The molecule has 25 heavy (non-hydrogen) atoms. The van der Waals surface area contributed by atoms with Gasteiger partial charge in [0.15, 0.2) is 0 Å². The molecule has 0 saturated carbocycles. The smallest absolute Gasteiger partial charge is 0.413 e. The van der Waals surface area contributed by atoms with Crippen molar-refractivity contribution in [2.75, 3.05) is 6.61 Å². The van der Waals surface area contributed by atoms with Crippen molar-refractivity contribution in [1.29, 1.82) is 0 Å². The fourth-order valence-corrected chi connectivity index (χ4v) is 2.78. The van der Waals surface area contributed by atoms with Crippen LogP contribution in [-0.4, -0.2) is 52.8 Å². The Kier molecular flexibility index (Phi) is 5.13. The van der Waals surface area contributed by atoms with Gasteiger partial charge in [-0.15, -0.1) is 0 Å². The zero-order valence-corrected chi connectivity index (χ0v) is 15.5. The quantitative estimate of drug-likeness (QED) is 0.701. The maximum absolute atomic E-state index is 12.6. The zero-order chi connectivity index (χ0) is 19.0. The minimum atomic E-state index is -0.890. The predicted molar refractivity (Wildman–Crippen MR) is 86.2 cm³/mol. The molecule has 0 N–H and O–H groups in total. The lowest BCUT2D eigenvalue weighted by atomic mass is 10.0. The number of hydrogen-bond acceptors (Lipinski definition) is 7. The average Bonchev–Trinajstić information content (AvgIpc) is 2.74. The monoisotopic (exact) mass is 355 g/mol. The van der Waals surface area contributed by atoms with Gasteiger partial charge in [-0.2, -0.15) is 0 Å². The van der Waals surface area contributed by atoms with Gasteiger partial charge in [-0.25, -0.2) is 4.79 Å². The largest absolute Gasteiger partial charge is 0.491 e. The molecule has 1 fully saturated rings. The first kappa shape index (κ1) is 19.2. The predicted octanol–water partition coefficient (Wildman–Crippen LogP) is 2.12. The summed E-state index contributed by atoms with van der Waals surface area (Å²) in [6, 6.07) is -0.496.